The van der Waals surface area contributed by atoms with Crippen LogP contribution in [0.5, 0.6) is 5.75 Å². The molecule has 0 aliphatic rings. The van der Waals surface area contributed by atoms with Crippen molar-refractivity contribution in [3.63, 3.8) is 0 Å². The quantitative estimate of drug-likeness (QED) is 0.724. The number of rotatable bonds is 1. The van der Waals surface area contributed by atoms with E-state index in [2.05, 4.69) is 30.9 Å². The van der Waals surface area contributed by atoms with E-state index in [-0.39, 0.29) is 5.75 Å². The van der Waals surface area contributed by atoms with Crippen molar-refractivity contribution in [3.05, 3.63) is 41.1 Å². The van der Waals surface area contributed by atoms with Gasteiger partial charge in [-0.05, 0) is 24.3 Å². The third-order valence-corrected chi connectivity index (χ3v) is 2.99. The van der Waals surface area contributed by atoms with Crippen LogP contribution in [0.25, 0.3) is 22.4 Å². The Balaban J connectivity index is 2.23. The summed E-state index contributed by atoms with van der Waals surface area (Å²) in [5.74, 6) is 0.826. The minimum absolute atomic E-state index is 0.195. The SMILES string of the molecule is Oc1ccc(Br)cc1-c1nc2ccncc2[nH]1. The highest BCUT2D eigenvalue weighted by molar-refractivity contribution is 9.10. The monoisotopic (exact) mass is 289 g/mol. The van der Waals surface area contributed by atoms with E-state index < -0.39 is 0 Å². The van der Waals surface area contributed by atoms with E-state index in [0.717, 1.165) is 15.5 Å². The van der Waals surface area contributed by atoms with Crippen LogP contribution >= 0.6 is 15.9 Å². The Hall–Kier alpha value is -1.88. The molecule has 0 aliphatic heterocycles. The lowest BCUT2D eigenvalue weighted by atomic mass is 10.2. The van der Waals surface area contributed by atoms with Crippen molar-refractivity contribution < 1.29 is 5.11 Å². The first-order chi connectivity index (χ1) is 8.24. The van der Waals surface area contributed by atoms with Crippen LogP contribution in [0.3, 0.4) is 0 Å². The Morgan fingerprint density at radius 1 is 1.24 bits per heavy atom. The normalized spacial score (nSPS) is 10.9. The number of halogens is 1. The number of hydrogen-bond donors (Lipinski definition) is 2. The molecule has 5 heteroatoms. The second-order valence-corrected chi connectivity index (χ2v) is 4.56. The Labute approximate surface area is 105 Å². The zero-order chi connectivity index (χ0) is 11.8. The molecule has 0 saturated carbocycles. The zero-order valence-corrected chi connectivity index (χ0v) is 10.3. The highest BCUT2D eigenvalue weighted by atomic mass is 79.9. The van der Waals surface area contributed by atoms with E-state index in [0.29, 0.717) is 11.4 Å². The smallest absolute Gasteiger partial charge is 0.142 e. The van der Waals surface area contributed by atoms with Crippen LogP contribution in [0.2, 0.25) is 0 Å². The Morgan fingerprint density at radius 3 is 2.94 bits per heavy atom. The van der Waals surface area contributed by atoms with Gasteiger partial charge in [0.05, 0.1) is 22.8 Å². The number of aromatic nitrogens is 3. The lowest BCUT2D eigenvalue weighted by Gasteiger charge is -2.01. The molecule has 1 aromatic carbocycles. The van der Waals surface area contributed by atoms with Crippen molar-refractivity contribution in [2.24, 2.45) is 0 Å². The summed E-state index contributed by atoms with van der Waals surface area (Å²) in [5.41, 5.74) is 2.34. The molecule has 2 aromatic heterocycles. The first kappa shape index (κ1) is 10.3. The van der Waals surface area contributed by atoms with Crippen molar-refractivity contribution >= 4 is 27.0 Å². The molecule has 3 aromatic rings. The molecule has 0 aliphatic carbocycles. The topological polar surface area (TPSA) is 61.8 Å². The van der Waals surface area contributed by atoms with E-state index >= 15 is 0 Å². The molecule has 0 radical (unpaired) electrons. The Morgan fingerprint density at radius 2 is 2.12 bits per heavy atom. The van der Waals surface area contributed by atoms with Crippen molar-refractivity contribution in [2.75, 3.05) is 0 Å². The van der Waals surface area contributed by atoms with E-state index in [9.17, 15) is 5.11 Å². The van der Waals surface area contributed by atoms with Crippen LogP contribution in [-0.2, 0) is 0 Å². The molecule has 2 N–H and O–H groups in total. The van der Waals surface area contributed by atoms with Gasteiger partial charge in [-0.15, -0.1) is 0 Å². The number of hydrogen-bond acceptors (Lipinski definition) is 3. The fourth-order valence-electron chi connectivity index (χ4n) is 1.68. The summed E-state index contributed by atoms with van der Waals surface area (Å²) < 4.78 is 0.892. The molecule has 0 bridgehead atoms. The number of phenols is 1. The molecule has 3 rings (SSSR count). The van der Waals surface area contributed by atoms with Crippen LogP contribution < -0.4 is 0 Å². The summed E-state index contributed by atoms with van der Waals surface area (Å²) in [4.78, 5) is 11.6. The van der Waals surface area contributed by atoms with Gasteiger partial charge in [0.15, 0.2) is 0 Å². The highest BCUT2D eigenvalue weighted by Gasteiger charge is 2.09. The highest BCUT2D eigenvalue weighted by Crippen LogP contribution is 2.30. The predicted molar refractivity (Wildman–Crippen MR) is 68.7 cm³/mol. The molecular formula is C12H8BrN3O. The fourth-order valence-corrected chi connectivity index (χ4v) is 2.04. The van der Waals surface area contributed by atoms with Gasteiger partial charge in [0.2, 0.25) is 0 Å². The van der Waals surface area contributed by atoms with Crippen LogP contribution in [0, 0.1) is 0 Å². The molecule has 2 heterocycles. The third kappa shape index (κ3) is 1.78. The summed E-state index contributed by atoms with van der Waals surface area (Å²) in [7, 11) is 0. The molecular weight excluding hydrogens is 282 g/mol. The average molecular weight is 290 g/mol. The van der Waals surface area contributed by atoms with Gasteiger partial charge in [0.25, 0.3) is 0 Å². The zero-order valence-electron chi connectivity index (χ0n) is 8.68. The van der Waals surface area contributed by atoms with Crippen molar-refractivity contribution in [3.8, 4) is 17.1 Å². The molecule has 0 atom stereocenters. The number of nitrogens with one attached hydrogen (secondary N) is 1. The minimum Gasteiger partial charge on any atom is -0.507 e. The standard InChI is InChI=1S/C12H8BrN3O/c13-7-1-2-11(17)8(5-7)12-15-9-3-4-14-6-10(9)16-12/h1-6,17H,(H,15,16). The molecule has 0 saturated heterocycles. The Kier molecular flexibility index (Phi) is 2.33. The van der Waals surface area contributed by atoms with Gasteiger partial charge in [-0.2, -0.15) is 0 Å². The van der Waals surface area contributed by atoms with Gasteiger partial charge in [-0.1, -0.05) is 15.9 Å². The number of aromatic amines is 1. The van der Waals surface area contributed by atoms with E-state index in [1.54, 1.807) is 24.5 Å². The van der Waals surface area contributed by atoms with E-state index in [1.807, 2.05) is 12.1 Å². The van der Waals surface area contributed by atoms with Gasteiger partial charge in [0, 0.05) is 10.7 Å². The lowest BCUT2D eigenvalue weighted by molar-refractivity contribution is 0.477. The van der Waals surface area contributed by atoms with Crippen LogP contribution in [0.15, 0.2) is 41.1 Å². The van der Waals surface area contributed by atoms with Gasteiger partial charge >= 0.3 is 0 Å². The largest absolute Gasteiger partial charge is 0.507 e. The van der Waals surface area contributed by atoms with Crippen molar-refractivity contribution in [1.29, 1.82) is 0 Å². The Bertz CT molecular complexity index is 660. The maximum atomic E-state index is 9.82. The van der Waals surface area contributed by atoms with Crippen molar-refractivity contribution in [1.82, 2.24) is 15.0 Å². The summed E-state index contributed by atoms with van der Waals surface area (Å²) in [6.45, 7) is 0. The van der Waals surface area contributed by atoms with Crippen LogP contribution in [-0.4, -0.2) is 20.1 Å². The maximum Gasteiger partial charge on any atom is 0.142 e. The summed E-state index contributed by atoms with van der Waals surface area (Å²) in [5, 5.41) is 9.82. The minimum atomic E-state index is 0.195. The molecule has 0 unspecified atom stereocenters. The van der Waals surface area contributed by atoms with Crippen LogP contribution in [0.1, 0.15) is 0 Å². The second-order valence-electron chi connectivity index (χ2n) is 3.64. The first-order valence-electron chi connectivity index (χ1n) is 5.02. The number of imidazole rings is 1. The molecule has 0 fully saturated rings. The number of fused-ring (bicyclic) bond motifs is 1. The number of aromatic hydroxyl groups is 1. The van der Waals surface area contributed by atoms with Crippen molar-refractivity contribution in [2.45, 2.75) is 0 Å². The summed E-state index contributed by atoms with van der Waals surface area (Å²) in [6, 6.07) is 7.05. The van der Waals surface area contributed by atoms with E-state index in [1.165, 1.54) is 0 Å². The summed E-state index contributed by atoms with van der Waals surface area (Å²) in [6.07, 6.45) is 3.40. The molecule has 4 nitrogen and oxygen atoms in total. The number of H-pyrrole nitrogens is 1. The lowest BCUT2D eigenvalue weighted by Crippen LogP contribution is -1.81. The van der Waals surface area contributed by atoms with Gasteiger partial charge in [-0.25, -0.2) is 4.98 Å². The summed E-state index contributed by atoms with van der Waals surface area (Å²) >= 11 is 3.37. The number of benzene rings is 1. The third-order valence-electron chi connectivity index (χ3n) is 2.50. The molecule has 84 valence electrons. The predicted octanol–water partition coefficient (Wildman–Crippen LogP) is 3.09. The molecule has 0 amide bonds. The van der Waals surface area contributed by atoms with Gasteiger partial charge in [-0.3, -0.25) is 4.98 Å². The van der Waals surface area contributed by atoms with E-state index in [4.69, 9.17) is 0 Å². The fraction of sp³-hybridized carbons (Fsp3) is 0. The number of nitrogens with zero attached hydrogens (tertiary/aromatic N) is 2. The number of phenolic OH excluding ortho intramolecular Hbond substituents is 1. The molecule has 0 spiro atoms. The first-order valence-corrected chi connectivity index (χ1v) is 5.82. The average Bonchev–Trinajstić information content (AvgIpc) is 2.75. The maximum absolute atomic E-state index is 9.82. The molecule has 17 heavy (non-hydrogen) atoms. The van der Waals surface area contributed by atoms with Crippen LogP contribution in [0.4, 0.5) is 0 Å². The van der Waals surface area contributed by atoms with Gasteiger partial charge < -0.3 is 10.1 Å². The van der Waals surface area contributed by atoms with Gasteiger partial charge in [0.1, 0.15) is 11.6 Å². The number of pyridine rings is 1. The second kappa shape index (κ2) is 3.85.